The molecule has 1 aromatic carbocycles. The first-order valence-electron chi connectivity index (χ1n) is 5.06. The second kappa shape index (κ2) is 5.32. The molecule has 0 spiro atoms. The first-order valence-corrected chi connectivity index (χ1v) is 6.96. The summed E-state index contributed by atoms with van der Waals surface area (Å²) in [6.07, 6.45) is 2.56. The zero-order valence-corrected chi connectivity index (χ0v) is 10.4. The fourth-order valence-corrected chi connectivity index (χ4v) is 2.59. The Hall–Kier alpha value is -1.07. The molecule has 1 rings (SSSR count). The largest absolute Gasteiger partial charge is 0.496 e. The molecule has 0 aliphatic rings. The molecule has 0 radical (unpaired) electrons. The lowest BCUT2D eigenvalue weighted by Crippen LogP contribution is -2.07. The summed E-state index contributed by atoms with van der Waals surface area (Å²) < 4.78 is 28.4. The van der Waals surface area contributed by atoms with Crippen LogP contribution in [0.1, 0.15) is 12.0 Å². The molecular formula is C11H17NO3S. The minimum Gasteiger partial charge on any atom is -0.496 e. The number of sulfone groups is 1. The van der Waals surface area contributed by atoms with Crippen molar-refractivity contribution in [1.29, 1.82) is 0 Å². The van der Waals surface area contributed by atoms with Gasteiger partial charge in [0.05, 0.1) is 12.0 Å². The minimum atomic E-state index is -3.22. The molecular weight excluding hydrogens is 226 g/mol. The van der Waals surface area contributed by atoms with Crippen LogP contribution in [-0.2, 0) is 16.3 Å². The second-order valence-electron chi connectivity index (χ2n) is 3.60. The molecule has 4 nitrogen and oxygen atoms in total. The number of rotatable bonds is 5. The fourth-order valence-electron chi connectivity index (χ4n) is 1.61. The second-order valence-corrected chi connectivity index (χ2v) is 5.59. The zero-order chi connectivity index (χ0) is 12.2. The Morgan fingerprint density at radius 3 is 2.56 bits per heavy atom. The van der Waals surface area contributed by atoms with E-state index < -0.39 is 9.84 Å². The summed E-state index contributed by atoms with van der Waals surface area (Å²) in [5, 5.41) is 0. The van der Waals surface area contributed by atoms with Crippen LogP contribution < -0.4 is 10.5 Å². The molecule has 0 bridgehead atoms. The molecule has 1 aromatic rings. The van der Waals surface area contributed by atoms with Crippen LogP contribution in [0.4, 0.5) is 0 Å². The van der Waals surface area contributed by atoms with Crippen molar-refractivity contribution in [2.24, 2.45) is 5.73 Å². The van der Waals surface area contributed by atoms with E-state index in [9.17, 15) is 8.42 Å². The van der Waals surface area contributed by atoms with Gasteiger partial charge >= 0.3 is 0 Å². The Morgan fingerprint density at radius 2 is 2.06 bits per heavy atom. The lowest BCUT2D eigenvalue weighted by molar-refractivity contribution is 0.407. The van der Waals surface area contributed by atoms with Gasteiger partial charge in [0, 0.05) is 11.8 Å². The first-order chi connectivity index (χ1) is 7.50. The highest BCUT2D eigenvalue weighted by Gasteiger charge is 2.16. The number of methoxy groups -OCH3 is 1. The Kier molecular flexibility index (Phi) is 4.32. The lowest BCUT2D eigenvalue weighted by atomic mass is 10.1. The van der Waals surface area contributed by atoms with Gasteiger partial charge in [0.1, 0.15) is 5.75 Å². The van der Waals surface area contributed by atoms with Gasteiger partial charge < -0.3 is 10.5 Å². The maximum Gasteiger partial charge on any atom is 0.175 e. The number of ether oxygens (including phenoxy) is 1. The van der Waals surface area contributed by atoms with Gasteiger partial charge in [-0.2, -0.15) is 0 Å². The van der Waals surface area contributed by atoms with E-state index in [-0.39, 0.29) is 0 Å². The summed E-state index contributed by atoms with van der Waals surface area (Å²) in [6.45, 7) is 0.529. The maximum atomic E-state index is 11.6. The van der Waals surface area contributed by atoms with E-state index in [1.54, 1.807) is 18.2 Å². The number of nitrogens with two attached hydrogens (primary N) is 1. The summed E-state index contributed by atoms with van der Waals surface area (Å²) in [6, 6.07) is 5.05. The van der Waals surface area contributed by atoms with Crippen molar-refractivity contribution >= 4 is 9.84 Å². The summed E-state index contributed by atoms with van der Waals surface area (Å²) in [5.74, 6) is 0.608. The van der Waals surface area contributed by atoms with Crippen LogP contribution >= 0.6 is 0 Å². The fraction of sp³-hybridized carbons (Fsp3) is 0.455. The summed E-state index contributed by atoms with van der Waals surface area (Å²) in [7, 11) is -1.68. The Balaban J connectivity index is 3.26. The Morgan fingerprint density at radius 1 is 1.38 bits per heavy atom. The molecule has 0 atom stereocenters. The van der Waals surface area contributed by atoms with E-state index in [4.69, 9.17) is 10.5 Å². The van der Waals surface area contributed by atoms with Crippen LogP contribution in [0.25, 0.3) is 0 Å². The molecule has 90 valence electrons. The van der Waals surface area contributed by atoms with E-state index in [2.05, 4.69) is 0 Å². The van der Waals surface area contributed by atoms with E-state index in [0.29, 0.717) is 23.6 Å². The summed E-state index contributed by atoms with van der Waals surface area (Å²) in [5.41, 5.74) is 6.16. The van der Waals surface area contributed by atoms with Gasteiger partial charge in [0.25, 0.3) is 0 Å². The molecule has 16 heavy (non-hydrogen) atoms. The monoisotopic (exact) mass is 243 g/mol. The van der Waals surface area contributed by atoms with Gasteiger partial charge in [0.2, 0.25) is 0 Å². The van der Waals surface area contributed by atoms with Crippen LogP contribution in [0.5, 0.6) is 5.75 Å². The van der Waals surface area contributed by atoms with Crippen LogP contribution in [0.3, 0.4) is 0 Å². The normalized spacial score (nSPS) is 11.4. The summed E-state index contributed by atoms with van der Waals surface area (Å²) >= 11 is 0. The van der Waals surface area contributed by atoms with Crippen molar-refractivity contribution in [3.63, 3.8) is 0 Å². The predicted molar refractivity (Wildman–Crippen MR) is 63.5 cm³/mol. The van der Waals surface area contributed by atoms with Crippen molar-refractivity contribution in [3.05, 3.63) is 23.8 Å². The van der Waals surface area contributed by atoms with Crippen molar-refractivity contribution in [2.75, 3.05) is 19.9 Å². The first kappa shape index (κ1) is 13.0. The maximum absolute atomic E-state index is 11.6. The van der Waals surface area contributed by atoms with Gasteiger partial charge in [-0.25, -0.2) is 8.42 Å². The lowest BCUT2D eigenvalue weighted by Gasteiger charge is -2.12. The van der Waals surface area contributed by atoms with Crippen molar-refractivity contribution in [2.45, 2.75) is 17.7 Å². The molecule has 0 saturated heterocycles. The van der Waals surface area contributed by atoms with Gasteiger partial charge in [-0.15, -0.1) is 0 Å². The van der Waals surface area contributed by atoms with Gasteiger partial charge in [-0.05, 0) is 31.5 Å². The molecule has 0 aromatic heterocycles. The van der Waals surface area contributed by atoms with E-state index >= 15 is 0 Å². The number of benzene rings is 1. The van der Waals surface area contributed by atoms with Crippen molar-refractivity contribution < 1.29 is 13.2 Å². The minimum absolute atomic E-state index is 0.334. The smallest absolute Gasteiger partial charge is 0.175 e. The average Bonchev–Trinajstić information content (AvgIpc) is 2.24. The molecule has 0 aliphatic carbocycles. The van der Waals surface area contributed by atoms with Gasteiger partial charge in [-0.3, -0.25) is 0 Å². The third kappa shape index (κ3) is 2.96. The van der Waals surface area contributed by atoms with E-state index in [0.717, 1.165) is 12.0 Å². The Labute approximate surface area is 96.3 Å². The number of hydrogen-bond acceptors (Lipinski definition) is 4. The highest BCUT2D eigenvalue weighted by Crippen LogP contribution is 2.26. The molecule has 0 fully saturated rings. The van der Waals surface area contributed by atoms with Crippen LogP contribution in [0, 0.1) is 0 Å². The van der Waals surface area contributed by atoms with E-state index in [1.807, 2.05) is 0 Å². The topological polar surface area (TPSA) is 69.4 Å². The molecule has 0 aliphatic heterocycles. The zero-order valence-electron chi connectivity index (χ0n) is 9.56. The van der Waals surface area contributed by atoms with Crippen molar-refractivity contribution in [1.82, 2.24) is 0 Å². The van der Waals surface area contributed by atoms with Crippen LogP contribution in [-0.4, -0.2) is 28.3 Å². The molecule has 0 amide bonds. The van der Waals surface area contributed by atoms with Crippen LogP contribution in [0.15, 0.2) is 23.1 Å². The summed E-state index contributed by atoms with van der Waals surface area (Å²) in [4.78, 5) is 0.334. The third-order valence-electron chi connectivity index (χ3n) is 2.34. The van der Waals surface area contributed by atoms with Crippen molar-refractivity contribution in [3.8, 4) is 5.75 Å². The van der Waals surface area contributed by atoms with E-state index in [1.165, 1.54) is 13.4 Å². The molecule has 0 saturated carbocycles. The molecule has 0 heterocycles. The highest BCUT2D eigenvalue weighted by atomic mass is 32.2. The average molecular weight is 243 g/mol. The molecule has 2 N–H and O–H groups in total. The van der Waals surface area contributed by atoms with Gasteiger partial charge in [-0.1, -0.05) is 6.07 Å². The molecule has 0 unspecified atom stereocenters. The molecule has 5 heteroatoms. The predicted octanol–water partition coefficient (Wildman–Crippen LogP) is 0.990. The third-order valence-corrected chi connectivity index (χ3v) is 3.52. The highest BCUT2D eigenvalue weighted by molar-refractivity contribution is 7.90. The number of hydrogen-bond donors (Lipinski definition) is 1. The SMILES string of the molecule is COc1cccc(S(C)(=O)=O)c1CCCN. The standard InChI is InChI=1S/C11H17NO3S/c1-15-10-6-3-7-11(16(2,13)14)9(10)5-4-8-12/h3,6-7H,4-5,8,12H2,1-2H3. The quantitative estimate of drug-likeness (QED) is 0.837. The van der Waals surface area contributed by atoms with Gasteiger partial charge in [0.15, 0.2) is 9.84 Å². The van der Waals surface area contributed by atoms with Crippen LogP contribution in [0.2, 0.25) is 0 Å². The Bertz CT molecular complexity index is 454.